The number of nitrogens with zero attached hydrogens (tertiary/aromatic N) is 1. The highest BCUT2D eigenvalue weighted by molar-refractivity contribution is 7.89. The van der Waals surface area contributed by atoms with Crippen LogP contribution in [0, 0.1) is 6.92 Å². The maximum absolute atomic E-state index is 12.2. The summed E-state index contributed by atoms with van der Waals surface area (Å²) in [5, 5.41) is 3.53. The first-order chi connectivity index (χ1) is 9.49. The summed E-state index contributed by atoms with van der Waals surface area (Å²) in [5.74, 6) is 0. The molecule has 5 nitrogen and oxygen atoms in total. The molecular weight excluding hydrogens is 369 g/mol. The Kier molecular flexibility index (Phi) is 9.89. The second-order valence-electron chi connectivity index (χ2n) is 4.92. The number of hydrogen-bond acceptors (Lipinski definition) is 4. The highest BCUT2D eigenvalue weighted by Gasteiger charge is 2.18. The fourth-order valence-electron chi connectivity index (χ4n) is 2.17. The van der Waals surface area contributed by atoms with Crippen molar-refractivity contribution in [1.29, 1.82) is 0 Å². The third-order valence-corrected chi connectivity index (χ3v) is 5.25. The summed E-state index contributed by atoms with van der Waals surface area (Å²) in [7, 11) is -3.53. The lowest BCUT2D eigenvalue weighted by Gasteiger charge is -2.27. The van der Waals surface area contributed by atoms with Crippen LogP contribution in [0.1, 0.15) is 5.56 Å². The van der Waals surface area contributed by atoms with Crippen molar-refractivity contribution in [2.24, 2.45) is 0 Å². The SMILES string of the molecule is Cc1ccc(S(=O)(=O)NCCN2CCNCC2)c(Cl)c1.Cl.Cl. The van der Waals surface area contributed by atoms with E-state index >= 15 is 0 Å². The Morgan fingerprint density at radius 3 is 2.50 bits per heavy atom. The fourth-order valence-corrected chi connectivity index (χ4v) is 3.79. The zero-order chi connectivity index (χ0) is 14.6. The van der Waals surface area contributed by atoms with Crippen molar-refractivity contribution in [1.82, 2.24) is 14.9 Å². The van der Waals surface area contributed by atoms with Crippen LogP contribution in [0.3, 0.4) is 0 Å². The minimum Gasteiger partial charge on any atom is -0.314 e. The molecule has 0 radical (unpaired) electrons. The Morgan fingerprint density at radius 1 is 1.27 bits per heavy atom. The average Bonchev–Trinajstić information content (AvgIpc) is 2.39. The monoisotopic (exact) mass is 389 g/mol. The van der Waals surface area contributed by atoms with Gasteiger partial charge in [0.1, 0.15) is 4.90 Å². The molecule has 1 heterocycles. The first-order valence-electron chi connectivity index (χ1n) is 6.68. The molecule has 0 aliphatic carbocycles. The van der Waals surface area contributed by atoms with Crippen LogP contribution in [0.2, 0.25) is 5.02 Å². The van der Waals surface area contributed by atoms with Gasteiger partial charge < -0.3 is 5.32 Å². The number of benzene rings is 1. The van der Waals surface area contributed by atoms with Crippen LogP contribution in [0.15, 0.2) is 23.1 Å². The number of rotatable bonds is 5. The van der Waals surface area contributed by atoms with Gasteiger partial charge in [0.05, 0.1) is 5.02 Å². The van der Waals surface area contributed by atoms with Gasteiger partial charge >= 0.3 is 0 Å². The van der Waals surface area contributed by atoms with Crippen molar-refractivity contribution >= 4 is 46.4 Å². The van der Waals surface area contributed by atoms with Crippen LogP contribution in [0.25, 0.3) is 0 Å². The third kappa shape index (κ3) is 6.20. The first kappa shape index (κ1) is 21.9. The molecule has 128 valence electrons. The zero-order valence-electron chi connectivity index (χ0n) is 12.3. The summed E-state index contributed by atoms with van der Waals surface area (Å²) >= 11 is 6.00. The van der Waals surface area contributed by atoms with Gasteiger partial charge in [-0.3, -0.25) is 4.90 Å². The Labute approximate surface area is 149 Å². The van der Waals surface area contributed by atoms with Gasteiger partial charge in [-0.25, -0.2) is 13.1 Å². The zero-order valence-corrected chi connectivity index (χ0v) is 15.5. The van der Waals surface area contributed by atoms with Gasteiger partial charge in [-0.2, -0.15) is 0 Å². The number of hydrogen-bond donors (Lipinski definition) is 2. The van der Waals surface area contributed by atoms with Crippen LogP contribution in [0.4, 0.5) is 0 Å². The number of sulfonamides is 1. The Hall–Kier alpha value is -0.0800. The normalized spacial score (nSPS) is 15.7. The van der Waals surface area contributed by atoms with Crippen molar-refractivity contribution in [3.05, 3.63) is 28.8 Å². The predicted octanol–water partition coefficient (Wildman–Crippen LogP) is 1.68. The lowest BCUT2D eigenvalue weighted by molar-refractivity contribution is 0.245. The van der Waals surface area contributed by atoms with Gasteiger partial charge in [-0.15, -0.1) is 24.8 Å². The number of piperazine rings is 1. The van der Waals surface area contributed by atoms with E-state index in [1.807, 2.05) is 6.92 Å². The highest BCUT2D eigenvalue weighted by Crippen LogP contribution is 2.22. The highest BCUT2D eigenvalue weighted by atomic mass is 35.5. The fraction of sp³-hybridized carbons (Fsp3) is 0.538. The summed E-state index contributed by atoms with van der Waals surface area (Å²) in [5.41, 5.74) is 0.940. The van der Waals surface area contributed by atoms with Crippen LogP contribution in [0.5, 0.6) is 0 Å². The van der Waals surface area contributed by atoms with E-state index < -0.39 is 10.0 Å². The van der Waals surface area contributed by atoms with Crippen LogP contribution >= 0.6 is 36.4 Å². The van der Waals surface area contributed by atoms with Gasteiger partial charge in [-0.1, -0.05) is 17.7 Å². The molecule has 1 aliphatic heterocycles. The minimum absolute atomic E-state index is 0. The Bertz CT molecular complexity index is 564. The van der Waals surface area contributed by atoms with Crippen molar-refractivity contribution < 1.29 is 8.42 Å². The largest absolute Gasteiger partial charge is 0.314 e. The summed E-state index contributed by atoms with van der Waals surface area (Å²) in [6.07, 6.45) is 0. The topological polar surface area (TPSA) is 61.4 Å². The van der Waals surface area contributed by atoms with Crippen LogP contribution < -0.4 is 10.0 Å². The van der Waals surface area contributed by atoms with E-state index in [1.54, 1.807) is 18.2 Å². The molecule has 1 saturated heterocycles. The van der Waals surface area contributed by atoms with Gasteiger partial charge in [0, 0.05) is 39.3 Å². The number of nitrogens with one attached hydrogen (secondary N) is 2. The van der Waals surface area contributed by atoms with Gasteiger partial charge in [0.2, 0.25) is 10.0 Å². The van der Waals surface area contributed by atoms with Crippen LogP contribution in [-0.4, -0.2) is 52.6 Å². The molecule has 1 aliphatic rings. The Morgan fingerprint density at radius 2 is 1.91 bits per heavy atom. The molecule has 9 heteroatoms. The number of aryl methyl sites for hydroxylation is 1. The van der Waals surface area contributed by atoms with E-state index in [0.29, 0.717) is 13.1 Å². The summed E-state index contributed by atoms with van der Waals surface area (Å²) < 4.78 is 27.0. The smallest absolute Gasteiger partial charge is 0.242 e. The van der Waals surface area contributed by atoms with Crippen molar-refractivity contribution in [2.75, 3.05) is 39.3 Å². The standard InChI is InChI=1S/C13H20ClN3O2S.2ClH/c1-11-2-3-13(12(14)10-11)20(18,19)16-6-9-17-7-4-15-5-8-17;;/h2-3,10,15-16H,4-9H2,1H3;2*1H. The first-order valence-corrected chi connectivity index (χ1v) is 8.54. The molecule has 0 aromatic heterocycles. The molecule has 22 heavy (non-hydrogen) atoms. The van der Waals surface area contributed by atoms with E-state index in [0.717, 1.165) is 31.7 Å². The van der Waals surface area contributed by atoms with Gasteiger partial charge in [0.15, 0.2) is 0 Å². The molecule has 0 amide bonds. The molecule has 1 aromatic rings. The lowest BCUT2D eigenvalue weighted by Crippen LogP contribution is -2.46. The van der Waals surface area contributed by atoms with E-state index in [4.69, 9.17) is 11.6 Å². The summed E-state index contributed by atoms with van der Waals surface area (Å²) in [6, 6.07) is 4.95. The second-order valence-corrected chi connectivity index (χ2v) is 7.07. The lowest BCUT2D eigenvalue weighted by atomic mass is 10.2. The molecular formula is C13H22Cl3N3O2S. The van der Waals surface area contributed by atoms with Gasteiger partial charge in [0.25, 0.3) is 0 Å². The average molecular weight is 391 g/mol. The second kappa shape index (κ2) is 9.93. The third-order valence-electron chi connectivity index (χ3n) is 3.31. The van der Waals surface area contributed by atoms with E-state index in [2.05, 4.69) is 14.9 Å². The van der Waals surface area contributed by atoms with E-state index in [9.17, 15) is 8.42 Å². The summed E-state index contributed by atoms with van der Waals surface area (Å²) in [6.45, 7) is 6.80. The van der Waals surface area contributed by atoms with E-state index in [1.165, 1.54) is 0 Å². The van der Waals surface area contributed by atoms with Crippen molar-refractivity contribution in [2.45, 2.75) is 11.8 Å². The van der Waals surface area contributed by atoms with Crippen LogP contribution in [-0.2, 0) is 10.0 Å². The molecule has 2 N–H and O–H groups in total. The van der Waals surface area contributed by atoms with E-state index in [-0.39, 0.29) is 34.7 Å². The quantitative estimate of drug-likeness (QED) is 0.803. The van der Waals surface area contributed by atoms with Crippen molar-refractivity contribution in [3.8, 4) is 0 Å². The molecule has 0 spiro atoms. The molecule has 0 unspecified atom stereocenters. The maximum atomic E-state index is 12.2. The molecule has 0 bridgehead atoms. The van der Waals surface area contributed by atoms with Crippen molar-refractivity contribution in [3.63, 3.8) is 0 Å². The molecule has 1 fully saturated rings. The summed E-state index contributed by atoms with van der Waals surface area (Å²) in [4.78, 5) is 2.38. The number of halogens is 3. The maximum Gasteiger partial charge on any atom is 0.242 e. The predicted molar refractivity (Wildman–Crippen MR) is 95.2 cm³/mol. The van der Waals surface area contributed by atoms with Gasteiger partial charge in [-0.05, 0) is 24.6 Å². The Balaban J connectivity index is 0.00000220. The molecule has 0 atom stereocenters. The molecule has 1 aromatic carbocycles. The minimum atomic E-state index is -3.53. The molecule has 0 saturated carbocycles. The molecule has 2 rings (SSSR count).